The van der Waals surface area contributed by atoms with E-state index in [9.17, 15) is 18.1 Å². The molecule has 3 nitrogen and oxygen atoms in total. The second-order valence-corrected chi connectivity index (χ2v) is 5.39. The predicted molar refractivity (Wildman–Crippen MR) is 80.0 cm³/mol. The molecule has 0 amide bonds. The van der Waals surface area contributed by atoms with Gasteiger partial charge < -0.3 is 5.73 Å². The lowest BCUT2D eigenvalue weighted by atomic mass is 9.92. The Morgan fingerprint density at radius 1 is 1.22 bits per heavy atom. The highest BCUT2D eigenvalue weighted by Crippen LogP contribution is 2.32. The molecule has 0 saturated carbocycles. The third-order valence-corrected chi connectivity index (χ3v) is 3.70. The van der Waals surface area contributed by atoms with Gasteiger partial charge in [0, 0.05) is 16.1 Å². The zero-order valence-electron chi connectivity index (χ0n) is 12.7. The maximum atomic E-state index is 14.0. The Morgan fingerprint density at radius 3 is 2.39 bits per heavy atom. The highest BCUT2D eigenvalue weighted by atomic mass is 19.3. The number of hydrogen-bond acceptors (Lipinski definition) is 3. The second kappa shape index (κ2) is 6.83. The molecule has 2 rings (SSSR count). The van der Waals surface area contributed by atoms with Crippen molar-refractivity contribution in [3.63, 3.8) is 0 Å². The van der Waals surface area contributed by atoms with Gasteiger partial charge in [-0.3, -0.25) is 4.94 Å². The lowest BCUT2D eigenvalue weighted by Crippen LogP contribution is -2.18. The van der Waals surface area contributed by atoms with Crippen LogP contribution < -0.4 is 5.73 Å². The van der Waals surface area contributed by atoms with Crippen LogP contribution in [0.1, 0.15) is 29.2 Å². The summed E-state index contributed by atoms with van der Waals surface area (Å²) in [7, 11) is 0. The molecule has 0 heterocycles. The molecule has 0 aliphatic carbocycles. The van der Waals surface area contributed by atoms with Gasteiger partial charge >= 0.3 is 5.97 Å². The largest absolute Gasteiger partial charge is 0.350 e. The molecule has 0 radical (unpaired) electrons. The fourth-order valence-corrected chi connectivity index (χ4v) is 2.62. The van der Waals surface area contributed by atoms with Crippen molar-refractivity contribution in [2.24, 2.45) is 5.73 Å². The molecule has 2 aromatic carbocycles. The topological polar surface area (TPSA) is 52.3 Å². The van der Waals surface area contributed by atoms with E-state index < -0.39 is 30.1 Å². The molecule has 0 aliphatic heterocycles. The molecule has 0 saturated heterocycles. The first-order valence-corrected chi connectivity index (χ1v) is 6.97. The molecule has 0 aliphatic rings. The van der Waals surface area contributed by atoms with Crippen LogP contribution in [0, 0.1) is 25.5 Å². The van der Waals surface area contributed by atoms with Crippen molar-refractivity contribution >= 4 is 5.97 Å². The van der Waals surface area contributed by atoms with E-state index in [4.69, 9.17) is 5.73 Å². The third-order valence-electron chi connectivity index (χ3n) is 3.70. The van der Waals surface area contributed by atoms with Crippen molar-refractivity contribution < 1.29 is 23.0 Å². The minimum absolute atomic E-state index is 0.201. The fraction of sp³-hybridized carbons (Fsp3) is 0.235. The minimum atomic E-state index is -1.24. The van der Waals surface area contributed by atoms with Crippen LogP contribution in [-0.4, -0.2) is 5.97 Å². The Kier molecular flexibility index (Phi) is 5.05. The number of hydrogen-bond donors (Lipinski definition) is 1. The van der Waals surface area contributed by atoms with Gasteiger partial charge in [0.1, 0.15) is 0 Å². The van der Waals surface area contributed by atoms with Crippen molar-refractivity contribution in [3.8, 4) is 11.1 Å². The van der Waals surface area contributed by atoms with Crippen LogP contribution in [0.4, 0.5) is 13.3 Å². The molecule has 1 atom stereocenters. The first-order valence-electron chi connectivity index (χ1n) is 6.97. The standard InChI is InChI=1S/C17H16F3NO2/c1-9-4-3-5-10(2)16(9)11-6-12(17(19)13(18)7-11)14(21)8-15(22)23-20/h3-7,14H,8,21H2,1-2H3. The van der Waals surface area contributed by atoms with Crippen LogP contribution in [0.5, 0.6) is 0 Å². The number of rotatable bonds is 4. The molecule has 122 valence electrons. The molecule has 0 spiro atoms. The number of carbonyl (C=O) groups excluding carboxylic acids is 1. The first kappa shape index (κ1) is 17.0. The quantitative estimate of drug-likeness (QED) is 0.923. The van der Waals surface area contributed by atoms with Gasteiger partial charge in [0.25, 0.3) is 0 Å². The molecule has 23 heavy (non-hydrogen) atoms. The number of nitrogens with two attached hydrogens (primary N) is 1. The predicted octanol–water partition coefficient (Wildman–Crippen LogP) is 4.07. The summed E-state index contributed by atoms with van der Waals surface area (Å²) in [5.74, 6) is -3.47. The molecule has 0 fully saturated rings. The van der Waals surface area contributed by atoms with Crippen LogP contribution in [0.15, 0.2) is 30.3 Å². The van der Waals surface area contributed by atoms with Crippen LogP contribution >= 0.6 is 0 Å². The van der Waals surface area contributed by atoms with E-state index in [1.165, 1.54) is 6.07 Å². The zero-order valence-corrected chi connectivity index (χ0v) is 12.7. The van der Waals surface area contributed by atoms with Gasteiger partial charge in [-0.2, -0.15) is 0 Å². The van der Waals surface area contributed by atoms with E-state index in [1.54, 1.807) is 0 Å². The van der Waals surface area contributed by atoms with E-state index in [2.05, 4.69) is 4.94 Å². The third kappa shape index (κ3) is 3.53. The average molecular weight is 323 g/mol. The Balaban J connectivity index is 2.54. The minimum Gasteiger partial charge on any atom is -0.323 e. The van der Waals surface area contributed by atoms with E-state index in [-0.39, 0.29) is 5.56 Å². The molecule has 0 aromatic heterocycles. The van der Waals surface area contributed by atoms with Gasteiger partial charge in [-0.25, -0.2) is 13.6 Å². The molecule has 2 N–H and O–H groups in total. The number of carbonyl (C=O) groups is 1. The smallest absolute Gasteiger partial charge is 0.323 e. The monoisotopic (exact) mass is 323 g/mol. The number of halogens is 3. The summed E-state index contributed by atoms with van der Waals surface area (Å²) in [5, 5.41) is 0. The van der Waals surface area contributed by atoms with E-state index in [0.29, 0.717) is 5.56 Å². The highest BCUT2D eigenvalue weighted by molar-refractivity contribution is 5.73. The molecule has 2 aromatic rings. The molecular weight excluding hydrogens is 307 g/mol. The summed E-state index contributed by atoms with van der Waals surface area (Å²) in [6.45, 7) is 3.70. The maximum absolute atomic E-state index is 14.0. The Morgan fingerprint density at radius 2 is 1.83 bits per heavy atom. The molecule has 6 heteroatoms. The summed E-state index contributed by atoms with van der Waals surface area (Å²) in [6, 6.07) is 6.81. The first-order chi connectivity index (χ1) is 10.8. The number of benzene rings is 2. The van der Waals surface area contributed by atoms with Gasteiger partial charge in [0.15, 0.2) is 11.6 Å². The van der Waals surface area contributed by atoms with Crippen LogP contribution in [0.2, 0.25) is 0 Å². The van der Waals surface area contributed by atoms with Crippen LogP contribution in [0.3, 0.4) is 0 Å². The lowest BCUT2D eigenvalue weighted by Gasteiger charge is -2.16. The molecule has 1 unspecified atom stereocenters. The lowest BCUT2D eigenvalue weighted by molar-refractivity contribution is -0.184. The van der Waals surface area contributed by atoms with Gasteiger partial charge in [-0.15, -0.1) is 0 Å². The van der Waals surface area contributed by atoms with E-state index >= 15 is 0 Å². The zero-order chi connectivity index (χ0) is 17.1. The Labute approximate surface area is 131 Å². The second-order valence-electron chi connectivity index (χ2n) is 5.39. The fourth-order valence-electron chi connectivity index (χ4n) is 2.62. The van der Waals surface area contributed by atoms with Crippen molar-refractivity contribution in [2.75, 3.05) is 0 Å². The summed E-state index contributed by atoms with van der Waals surface area (Å²) in [5.41, 5.74) is 8.47. The van der Waals surface area contributed by atoms with E-state index in [1.807, 2.05) is 32.0 Å². The number of aryl methyl sites for hydroxylation is 2. The highest BCUT2D eigenvalue weighted by Gasteiger charge is 2.21. The maximum Gasteiger partial charge on any atom is 0.350 e. The molecule has 0 bridgehead atoms. The normalized spacial score (nSPS) is 12.1. The average Bonchev–Trinajstić information content (AvgIpc) is 2.50. The van der Waals surface area contributed by atoms with Gasteiger partial charge in [0.05, 0.1) is 6.42 Å². The van der Waals surface area contributed by atoms with Crippen LogP contribution in [0.25, 0.3) is 11.1 Å². The van der Waals surface area contributed by atoms with Crippen molar-refractivity contribution in [1.29, 1.82) is 0 Å². The summed E-state index contributed by atoms with van der Waals surface area (Å²) in [4.78, 5) is 14.0. The van der Waals surface area contributed by atoms with Crippen molar-refractivity contribution in [3.05, 3.63) is 58.7 Å². The van der Waals surface area contributed by atoms with E-state index in [0.717, 1.165) is 22.8 Å². The summed E-state index contributed by atoms with van der Waals surface area (Å²) in [6.07, 6.45) is -0.594. The summed E-state index contributed by atoms with van der Waals surface area (Å²) >= 11 is 0. The SMILES string of the molecule is Cc1cccc(C)c1-c1cc(F)c(F)c(C(N)CC(=O)OF)c1. The van der Waals surface area contributed by atoms with Crippen molar-refractivity contribution in [2.45, 2.75) is 26.3 Å². The summed E-state index contributed by atoms with van der Waals surface area (Å²) < 4.78 is 39.8. The van der Waals surface area contributed by atoms with Crippen molar-refractivity contribution in [1.82, 2.24) is 0 Å². The van der Waals surface area contributed by atoms with Gasteiger partial charge in [-0.05, 0) is 48.2 Å². The Bertz CT molecular complexity index is 727. The van der Waals surface area contributed by atoms with Gasteiger partial charge in [-0.1, -0.05) is 18.2 Å². The van der Waals surface area contributed by atoms with Gasteiger partial charge in [0.2, 0.25) is 0 Å². The molecular formula is C17H16F3NO2. The van der Waals surface area contributed by atoms with Crippen LogP contribution in [-0.2, 0) is 9.74 Å². The Hall–Kier alpha value is -2.34.